The zero-order valence-electron chi connectivity index (χ0n) is 21.0. The number of halogens is 1. The van der Waals surface area contributed by atoms with Crippen molar-refractivity contribution in [2.45, 2.75) is 52.5 Å². The predicted octanol–water partition coefficient (Wildman–Crippen LogP) is 4.18. The summed E-state index contributed by atoms with van der Waals surface area (Å²) in [5.41, 5.74) is 1.93. The van der Waals surface area contributed by atoms with Gasteiger partial charge in [0.1, 0.15) is 12.6 Å². The monoisotopic (exact) mass is 521 g/mol. The molecule has 0 heterocycles. The van der Waals surface area contributed by atoms with Crippen LogP contribution in [0.5, 0.6) is 0 Å². The number of anilines is 1. The van der Waals surface area contributed by atoms with E-state index in [1.165, 1.54) is 4.90 Å². The number of carbonyl (C=O) groups excluding carboxylic acids is 2. The van der Waals surface area contributed by atoms with Gasteiger partial charge in [-0.05, 0) is 49.4 Å². The van der Waals surface area contributed by atoms with Crippen molar-refractivity contribution in [2.75, 3.05) is 30.2 Å². The average molecular weight is 522 g/mol. The number of nitrogens with one attached hydrogen (secondary N) is 1. The Morgan fingerprint density at radius 1 is 1.06 bits per heavy atom. The van der Waals surface area contributed by atoms with Crippen LogP contribution in [-0.4, -0.2) is 57.1 Å². The molecule has 0 bridgehead atoms. The lowest BCUT2D eigenvalue weighted by Crippen LogP contribution is -2.53. The molecule has 1 atom stereocenters. The molecule has 0 aliphatic heterocycles. The molecule has 192 valence electrons. The van der Waals surface area contributed by atoms with Crippen LogP contribution in [0.3, 0.4) is 0 Å². The molecule has 0 spiro atoms. The summed E-state index contributed by atoms with van der Waals surface area (Å²) in [6, 6.07) is 13.9. The van der Waals surface area contributed by atoms with E-state index in [1.54, 1.807) is 25.1 Å². The standard InChI is InChI=1S/C26H36ClN3O4S/c1-5-7-17-28-26(32)23(6-2)29(18-16-21-12-9-8-10-13-21)25(31)19-30(35(4,33)34)24-15-11-14-22(27)20(24)3/h8-15,23H,5-7,16-19H2,1-4H3,(H,28,32). The zero-order valence-corrected chi connectivity index (χ0v) is 22.5. The molecular weight excluding hydrogens is 486 g/mol. The first-order valence-electron chi connectivity index (χ1n) is 11.9. The fourth-order valence-electron chi connectivity index (χ4n) is 3.86. The summed E-state index contributed by atoms with van der Waals surface area (Å²) in [6.45, 7) is 5.99. The maximum atomic E-state index is 13.6. The van der Waals surface area contributed by atoms with Crippen LogP contribution < -0.4 is 9.62 Å². The van der Waals surface area contributed by atoms with E-state index in [-0.39, 0.29) is 12.5 Å². The second kappa shape index (κ2) is 13.5. The Kier molecular flexibility index (Phi) is 11.0. The lowest BCUT2D eigenvalue weighted by molar-refractivity contribution is -0.139. The maximum absolute atomic E-state index is 13.6. The van der Waals surface area contributed by atoms with Crippen molar-refractivity contribution < 1.29 is 18.0 Å². The van der Waals surface area contributed by atoms with Crippen LogP contribution in [0, 0.1) is 6.92 Å². The van der Waals surface area contributed by atoms with Crippen LogP contribution in [0.25, 0.3) is 0 Å². The first-order valence-corrected chi connectivity index (χ1v) is 14.2. The fraction of sp³-hybridized carbons (Fsp3) is 0.462. The van der Waals surface area contributed by atoms with Gasteiger partial charge >= 0.3 is 0 Å². The number of unbranched alkanes of at least 4 members (excludes halogenated alkanes) is 1. The van der Waals surface area contributed by atoms with Gasteiger partial charge in [-0.2, -0.15) is 0 Å². The number of sulfonamides is 1. The number of nitrogens with zero attached hydrogens (tertiary/aromatic N) is 2. The fourth-order valence-corrected chi connectivity index (χ4v) is 4.93. The summed E-state index contributed by atoms with van der Waals surface area (Å²) < 4.78 is 26.5. The minimum Gasteiger partial charge on any atom is -0.354 e. The topological polar surface area (TPSA) is 86.8 Å². The maximum Gasteiger partial charge on any atom is 0.244 e. The van der Waals surface area contributed by atoms with Gasteiger partial charge in [-0.1, -0.05) is 68.3 Å². The summed E-state index contributed by atoms with van der Waals surface area (Å²) in [7, 11) is -3.80. The van der Waals surface area contributed by atoms with Crippen LogP contribution in [0.15, 0.2) is 48.5 Å². The highest BCUT2D eigenvalue weighted by Crippen LogP contribution is 2.28. The quantitative estimate of drug-likeness (QED) is 0.400. The van der Waals surface area contributed by atoms with Crippen molar-refractivity contribution in [3.8, 4) is 0 Å². The number of hydrogen-bond acceptors (Lipinski definition) is 4. The van der Waals surface area contributed by atoms with E-state index in [2.05, 4.69) is 5.32 Å². The molecule has 0 fully saturated rings. The van der Waals surface area contributed by atoms with E-state index < -0.39 is 28.5 Å². The molecule has 2 aromatic rings. The van der Waals surface area contributed by atoms with Crippen LogP contribution in [-0.2, 0) is 26.0 Å². The van der Waals surface area contributed by atoms with Gasteiger partial charge in [-0.15, -0.1) is 0 Å². The summed E-state index contributed by atoms with van der Waals surface area (Å²) in [5, 5.41) is 3.33. The normalized spacial score (nSPS) is 12.1. The van der Waals surface area contributed by atoms with Gasteiger partial charge in [-0.25, -0.2) is 8.42 Å². The van der Waals surface area contributed by atoms with Crippen molar-refractivity contribution >= 4 is 39.1 Å². The molecule has 0 saturated heterocycles. The van der Waals surface area contributed by atoms with E-state index in [0.29, 0.717) is 35.7 Å². The highest BCUT2D eigenvalue weighted by molar-refractivity contribution is 7.92. The number of benzene rings is 2. The van der Waals surface area contributed by atoms with Crippen LogP contribution in [0.1, 0.15) is 44.2 Å². The molecule has 2 rings (SSSR count). The van der Waals surface area contributed by atoms with Crippen LogP contribution >= 0.6 is 11.6 Å². The van der Waals surface area contributed by atoms with E-state index in [9.17, 15) is 18.0 Å². The molecule has 2 amide bonds. The van der Waals surface area contributed by atoms with Gasteiger partial charge in [0.05, 0.1) is 11.9 Å². The summed E-state index contributed by atoms with van der Waals surface area (Å²) >= 11 is 6.23. The van der Waals surface area contributed by atoms with Crippen molar-refractivity contribution in [3.05, 3.63) is 64.7 Å². The number of hydrogen-bond donors (Lipinski definition) is 1. The van der Waals surface area contributed by atoms with Crippen molar-refractivity contribution in [1.29, 1.82) is 0 Å². The Balaban J connectivity index is 2.37. The average Bonchev–Trinajstić information content (AvgIpc) is 2.82. The molecule has 7 nitrogen and oxygen atoms in total. The SMILES string of the molecule is CCCCNC(=O)C(CC)N(CCc1ccccc1)C(=O)CN(c1cccc(Cl)c1C)S(C)(=O)=O. The molecule has 2 aromatic carbocycles. The Morgan fingerprint density at radius 2 is 1.74 bits per heavy atom. The molecule has 9 heteroatoms. The molecule has 0 saturated carbocycles. The molecule has 35 heavy (non-hydrogen) atoms. The third-order valence-corrected chi connectivity index (χ3v) is 7.42. The van der Waals surface area contributed by atoms with Gasteiger partial charge in [0.2, 0.25) is 21.8 Å². The summed E-state index contributed by atoms with van der Waals surface area (Å²) in [5.74, 6) is -0.671. The Bertz CT molecular complexity index is 1090. The van der Waals surface area contributed by atoms with Gasteiger partial charge in [0.25, 0.3) is 0 Å². The second-order valence-corrected chi connectivity index (χ2v) is 10.9. The van der Waals surface area contributed by atoms with E-state index in [0.717, 1.165) is 29.0 Å². The zero-order chi connectivity index (χ0) is 26.0. The first-order chi connectivity index (χ1) is 16.6. The van der Waals surface area contributed by atoms with Gasteiger partial charge in [-0.3, -0.25) is 13.9 Å². The van der Waals surface area contributed by atoms with Gasteiger partial charge in [0, 0.05) is 18.1 Å². The molecule has 0 aromatic heterocycles. The third kappa shape index (κ3) is 8.25. The molecular formula is C26H36ClN3O4S. The predicted molar refractivity (Wildman–Crippen MR) is 142 cm³/mol. The smallest absolute Gasteiger partial charge is 0.244 e. The van der Waals surface area contributed by atoms with E-state index in [1.807, 2.05) is 44.2 Å². The van der Waals surface area contributed by atoms with Gasteiger partial charge < -0.3 is 10.2 Å². The highest BCUT2D eigenvalue weighted by atomic mass is 35.5. The highest BCUT2D eigenvalue weighted by Gasteiger charge is 2.31. The Labute approximate surface area is 214 Å². The third-order valence-electron chi connectivity index (χ3n) is 5.89. The summed E-state index contributed by atoms with van der Waals surface area (Å²) in [4.78, 5) is 28.1. The van der Waals surface area contributed by atoms with Crippen molar-refractivity contribution in [3.63, 3.8) is 0 Å². The lowest BCUT2D eigenvalue weighted by atomic mass is 10.1. The minimum atomic E-state index is -3.80. The number of amides is 2. The molecule has 1 unspecified atom stereocenters. The Morgan fingerprint density at radius 3 is 2.34 bits per heavy atom. The lowest BCUT2D eigenvalue weighted by Gasteiger charge is -2.33. The molecule has 0 aliphatic carbocycles. The largest absolute Gasteiger partial charge is 0.354 e. The summed E-state index contributed by atoms with van der Waals surface area (Å²) in [6.07, 6.45) is 3.80. The second-order valence-electron chi connectivity index (χ2n) is 8.54. The number of carbonyl (C=O) groups is 2. The Hall–Kier alpha value is -2.58. The van der Waals surface area contributed by atoms with Crippen molar-refractivity contribution in [2.24, 2.45) is 0 Å². The molecule has 0 aliphatic rings. The molecule has 1 N–H and O–H groups in total. The van der Waals surface area contributed by atoms with Crippen LogP contribution in [0.4, 0.5) is 5.69 Å². The number of rotatable bonds is 13. The minimum absolute atomic E-state index is 0.229. The van der Waals surface area contributed by atoms with E-state index in [4.69, 9.17) is 11.6 Å². The van der Waals surface area contributed by atoms with Crippen molar-refractivity contribution in [1.82, 2.24) is 10.2 Å². The van der Waals surface area contributed by atoms with E-state index >= 15 is 0 Å². The first kappa shape index (κ1) is 28.7. The van der Waals surface area contributed by atoms with Crippen LogP contribution in [0.2, 0.25) is 5.02 Å². The van der Waals surface area contributed by atoms with Gasteiger partial charge in [0.15, 0.2) is 0 Å². The molecule has 0 radical (unpaired) electrons.